The minimum absolute atomic E-state index is 0.0795. The Bertz CT molecular complexity index is 486. The molecule has 0 aromatic heterocycles. The fourth-order valence-electron chi connectivity index (χ4n) is 7.76. The zero-order chi connectivity index (χ0) is 16.9. The van der Waals surface area contributed by atoms with Crippen molar-refractivity contribution in [2.45, 2.75) is 84.5 Å². The van der Waals surface area contributed by atoms with Crippen LogP contribution in [0.25, 0.3) is 0 Å². The maximum atomic E-state index is 11.9. The van der Waals surface area contributed by atoms with Gasteiger partial charge in [-0.05, 0) is 92.3 Å². The lowest BCUT2D eigenvalue weighted by Crippen LogP contribution is -2.53. The quantitative estimate of drug-likeness (QED) is 0.663. The number of hydrogen-bond donors (Lipinski definition) is 1. The van der Waals surface area contributed by atoms with Crippen molar-refractivity contribution in [1.29, 1.82) is 0 Å². The summed E-state index contributed by atoms with van der Waals surface area (Å²) < 4.78 is 0. The van der Waals surface area contributed by atoms with Gasteiger partial charge in [-0.25, -0.2) is 0 Å². The van der Waals surface area contributed by atoms with Gasteiger partial charge in [-0.2, -0.15) is 0 Å². The number of rotatable bonds is 1. The summed E-state index contributed by atoms with van der Waals surface area (Å²) in [5, 5.41) is 9.79. The second kappa shape index (κ2) is 6.32. The predicted octanol–water partition coefficient (Wildman–Crippen LogP) is 5.76. The van der Waals surface area contributed by atoms with Crippen molar-refractivity contribution >= 4 is 5.97 Å². The summed E-state index contributed by atoms with van der Waals surface area (Å²) in [6.45, 7) is 4.79. The van der Waals surface area contributed by atoms with Crippen LogP contribution >= 0.6 is 0 Å². The van der Waals surface area contributed by atoms with Crippen molar-refractivity contribution in [3.05, 3.63) is 0 Å². The first kappa shape index (κ1) is 16.9. The van der Waals surface area contributed by atoms with Crippen LogP contribution in [0.15, 0.2) is 0 Å². The Hall–Kier alpha value is -0.530. The first-order chi connectivity index (χ1) is 11.5. The van der Waals surface area contributed by atoms with Crippen LogP contribution in [0.4, 0.5) is 0 Å². The molecular formula is C22H36O2. The lowest BCUT2D eigenvalue weighted by atomic mass is 9.46. The summed E-state index contributed by atoms with van der Waals surface area (Å²) in [6, 6.07) is 0. The number of aliphatic carboxylic acids is 1. The lowest BCUT2D eigenvalue weighted by Gasteiger charge is -2.59. The third kappa shape index (κ3) is 2.63. The fraction of sp³-hybridized carbons (Fsp3) is 0.955. The minimum atomic E-state index is -0.516. The van der Waals surface area contributed by atoms with Gasteiger partial charge in [-0.15, -0.1) is 0 Å². The molecule has 0 amide bonds. The minimum Gasteiger partial charge on any atom is -0.481 e. The van der Waals surface area contributed by atoms with E-state index >= 15 is 0 Å². The lowest BCUT2D eigenvalue weighted by molar-refractivity contribution is -0.160. The Balaban J connectivity index is 1.58. The van der Waals surface area contributed by atoms with Gasteiger partial charge in [0.25, 0.3) is 0 Å². The van der Waals surface area contributed by atoms with Crippen LogP contribution in [0.3, 0.4) is 0 Å². The average molecular weight is 333 g/mol. The van der Waals surface area contributed by atoms with Crippen LogP contribution < -0.4 is 0 Å². The van der Waals surface area contributed by atoms with E-state index in [0.717, 1.165) is 42.4 Å². The molecule has 0 aliphatic heterocycles. The van der Waals surface area contributed by atoms with E-state index in [2.05, 4.69) is 13.8 Å². The maximum Gasteiger partial charge on any atom is 0.307 e. The maximum absolute atomic E-state index is 11.9. The molecular weight excluding hydrogens is 296 g/mol. The molecule has 8 unspecified atom stereocenters. The van der Waals surface area contributed by atoms with Gasteiger partial charge in [-0.3, -0.25) is 4.79 Å². The van der Waals surface area contributed by atoms with Crippen LogP contribution in [-0.4, -0.2) is 11.1 Å². The van der Waals surface area contributed by atoms with Gasteiger partial charge in [0.15, 0.2) is 0 Å². The van der Waals surface area contributed by atoms with Gasteiger partial charge in [0.1, 0.15) is 0 Å². The molecule has 0 saturated heterocycles. The topological polar surface area (TPSA) is 37.3 Å². The molecule has 2 nitrogen and oxygen atoms in total. The van der Waals surface area contributed by atoms with E-state index in [4.69, 9.17) is 0 Å². The highest BCUT2D eigenvalue weighted by atomic mass is 16.4. The molecule has 136 valence electrons. The van der Waals surface area contributed by atoms with E-state index in [1.165, 1.54) is 57.8 Å². The molecule has 4 aliphatic carbocycles. The fourth-order valence-corrected chi connectivity index (χ4v) is 7.76. The molecule has 8 atom stereocenters. The average Bonchev–Trinajstić information content (AvgIpc) is 2.75. The molecule has 0 aromatic carbocycles. The summed E-state index contributed by atoms with van der Waals surface area (Å²) in [7, 11) is 0. The first-order valence-electron chi connectivity index (χ1n) is 10.7. The number of carboxylic acids is 1. The zero-order valence-electron chi connectivity index (χ0n) is 15.7. The van der Waals surface area contributed by atoms with Crippen LogP contribution in [0.2, 0.25) is 0 Å². The molecule has 2 heteroatoms. The molecule has 0 bridgehead atoms. The largest absolute Gasteiger partial charge is 0.481 e. The van der Waals surface area contributed by atoms with Gasteiger partial charge in [0, 0.05) is 0 Å². The van der Waals surface area contributed by atoms with E-state index in [1.54, 1.807) is 0 Å². The van der Waals surface area contributed by atoms with Crippen molar-refractivity contribution < 1.29 is 9.90 Å². The Morgan fingerprint density at radius 3 is 2.38 bits per heavy atom. The summed E-state index contributed by atoms with van der Waals surface area (Å²) >= 11 is 0. The highest BCUT2D eigenvalue weighted by molar-refractivity contribution is 5.71. The van der Waals surface area contributed by atoms with Crippen LogP contribution in [0, 0.1) is 46.8 Å². The SMILES string of the molecule is CC1CCC2CCC3C(CCC4(C)C(C(=O)O)CCCC34)C2CC1. The smallest absolute Gasteiger partial charge is 0.307 e. The molecule has 0 aromatic rings. The van der Waals surface area contributed by atoms with E-state index in [1.807, 2.05) is 0 Å². The number of carboxylic acid groups (broad SMARTS) is 1. The number of carbonyl (C=O) groups is 1. The molecule has 0 heterocycles. The summed E-state index contributed by atoms with van der Waals surface area (Å²) in [5.74, 6) is 4.71. The van der Waals surface area contributed by atoms with Crippen LogP contribution in [-0.2, 0) is 4.79 Å². The molecule has 4 saturated carbocycles. The highest BCUT2D eigenvalue weighted by Gasteiger charge is 2.56. The monoisotopic (exact) mass is 332 g/mol. The Morgan fingerprint density at radius 2 is 1.58 bits per heavy atom. The van der Waals surface area contributed by atoms with Crippen molar-refractivity contribution in [2.24, 2.45) is 46.8 Å². The molecule has 4 rings (SSSR count). The Kier molecular flexibility index (Phi) is 4.46. The van der Waals surface area contributed by atoms with Crippen molar-refractivity contribution in [3.63, 3.8) is 0 Å². The molecule has 4 fully saturated rings. The standard InChI is InChI=1S/C22H36O2/c1-14-6-8-15-9-11-18-17(16(15)10-7-14)12-13-22(2)19(18)4-3-5-20(22)21(23)24/h14-20H,3-13H2,1-2H3,(H,23,24). The van der Waals surface area contributed by atoms with Crippen LogP contribution in [0.1, 0.15) is 84.5 Å². The Morgan fingerprint density at radius 1 is 0.875 bits per heavy atom. The van der Waals surface area contributed by atoms with Gasteiger partial charge < -0.3 is 5.11 Å². The molecule has 4 aliphatic rings. The van der Waals surface area contributed by atoms with E-state index in [0.29, 0.717) is 5.92 Å². The van der Waals surface area contributed by atoms with E-state index in [-0.39, 0.29) is 11.3 Å². The van der Waals surface area contributed by atoms with Gasteiger partial charge in [0.2, 0.25) is 0 Å². The third-order valence-electron chi connectivity index (χ3n) is 9.08. The first-order valence-corrected chi connectivity index (χ1v) is 10.7. The number of fused-ring (bicyclic) bond motifs is 5. The summed E-state index contributed by atoms with van der Waals surface area (Å²) in [5.41, 5.74) is 0.0795. The van der Waals surface area contributed by atoms with Crippen LogP contribution in [0.5, 0.6) is 0 Å². The normalized spacial score (nSPS) is 51.7. The third-order valence-corrected chi connectivity index (χ3v) is 9.08. The summed E-state index contributed by atoms with van der Waals surface area (Å²) in [4.78, 5) is 11.9. The van der Waals surface area contributed by atoms with E-state index < -0.39 is 5.97 Å². The second-order valence-corrected chi connectivity index (χ2v) is 10.1. The van der Waals surface area contributed by atoms with Crippen molar-refractivity contribution in [3.8, 4) is 0 Å². The molecule has 0 radical (unpaired) electrons. The number of hydrogen-bond acceptors (Lipinski definition) is 1. The van der Waals surface area contributed by atoms with Gasteiger partial charge in [-0.1, -0.05) is 33.1 Å². The van der Waals surface area contributed by atoms with Crippen molar-refractivity contribution in [2.75, 3.05) is 0 Å². The zero-order valence-corrected chi connectivity index (χ0v) is 15.7. The Labute approximate surface area is 147 Å². The van der Waals surface area contributed by atoms with Gasteiger partial charge in [0.05, 0.1) is 5.92 Å². The van der Waals surface area contributed by atoms with Gasteiger partial charge >= 0.3 is 5.97 Å². The second-order valence-electron chi connectivity index (χ2n) is 10.1. The van der Waals surface area contributed by atoms with E-state index in [9.17, 15) is 9.90 Å². The molecule has 0 spiro atoms. The highest BCUT2D eigenvalue weighted by Crippen LogP contribution is 2.62. The molecule has 1 N–H and O–H groups in total. The molecule has 24 heavy (non-hydrogen) atoms. The summed E-state index contributed by atoms with van der Waals surface area (Å²) in [6.07, 6.45) is 14.5. The predicted molar refractivity (Wildman–Crippen MR) is 96.6 cm³/mol. The van der Waals surface area contributed by atoms with Crippen molar-refractivity contribution in [1.82, 2.24) is 0 Å².